The van der Waals surface area contributed by atoms with E-state index in [1.807, 2.05) is 6.92 Å². The summed E-state index contributed by atoms with van der Waals surface area (Å²) in [4.78, 5) is 23.0. The predicted octanol–water partition coefficient (Wildman–Crippen LogP) is 0.878. The molecule has 0 bridgehead atoms. The van der Waals surface area contributed by atoms with Crippen LogP contribution in [0.4, 0.5) is 0 Å². The highest BCUT2D eigenvalue weighted by Crippen LogP contribution is 2.37. The van der Waals surface area contributed by atoms with E-state index in [4.69, 9.17) is 9.84 Å². The van der Waals surface area contributed by atoms with Crippen molar-refractivity contribution in [2.75, 3.05) is 19.5 Å². The number of methoxy groups -OCH3 is 1. The molecule has 5 nitrogen and oxygen atoms in total. The molecule has 0 aromatic rings. The van der Waals surface area contributed by atoms with Crippen molar-refractivity contribution in [3.63, 3.8) is 0 Å². The van der Waals surface area contributed by atoms with Crippen molar-refractivity contribution >= 4 is 23.6 Å². The lowest BCUT2D eigenvalue weighted by molar-refractivity contribution is -0.142. The first-order valence-electron chi connectivity index (χ1n) is 5.66. The van der Waals surface area contributed by atoms with E-state index in [-0.39, 0.29) is 5.91 Å². The number of carboxylic acids is 1. The van der Waals surface area contributed by atoms with E-state index >= 15 is 0 Å². The summed E-state index contributed by atoms with van der Waals surface area (Å²) in [6.07, 6.45) is 2.10. The van der Waals surface area contributed by atoms with Gasteiger partial charge in [-0.05, 0) is 25.5 Å². The number of nitrogens with one attached hydrogen (secondary N) is 1. The molecule has 0 saturated carbocycles. The number of aliphatic carboxylic acids is 1. The molecule has 17 heavy (non-hydrogen) atoms. The number of hydrogen-bond acceptors (Lipinski definition) is 4. The summed E-state index contributed by atoms with van der Waals surface area (Å²) in [5, 5.41) is 11.6. The van der Waals surface area contributed by atoms with Gasteiger partial charge in [0.05, 0.1) is 4.75 Å². The number of ether oxygens (including phenoxy) is 1. The van der Waals surface area contributed by atoms with Gasteiger partial charge in [-0.3, -0.25) is 4.79 Å². The Morgan fingerprint density at radius 1 is 1.59 bits per heavy atom. The van der Waals surface area contributed by atoms with E-state index in [1.165, 1.54) is 7.11 Å². The molecule has 2 N–H and O–H groups in total. The molecular weight excluding hydrogens is 242 g/mol. The third-order valence-corrected chi connectivity index (χ3v) is 4.43. The number of carbonyl (C=O) groups is 2. The second kappa shape index (κ2) is 6.26. The van der Waals surface area contributed by atoms with Crippen LogP contribution in [0.15, 0.2) is 0 Å². The van der Waals surface area contributed by atoms with Crippen LogP contribution in [0.5, 0.6) is 0 Å². The van der Waals surface area contributed by atoms with Crippen LogP contribution in [0.1, 0.15) is 26.2 Å². The van der Waals surface area contributed by atoms with E-state index in [9.17, 15) is 9.59 Å². The van der Waals surface area contributed by atoms with Gasteiger partial charge in [0.15, 0.2) is 0 Å². The van der Waals surface area contributed by atoms with Gasteiger partial charge in [-0.1, -0.05) is 0 Å². The van der Waals surface area contributed by atoms with Crippen LogP contribution in [0.3, 0.4) is 0 Å². The Bertz CT molecular complexity index is 289. The van der Waals surface area contributed by atoms with Gasteiger partial charge in [0.1, 0.15) is 6.04 Å². The second-order valence-corrected chi connectivity index (χ2v) is 5.93. The van der Waals surface area contributed by atoms with Crippen LogP contribution in [-0.2, 0) is 14.3 Å². The monoisotopic (exact) mass is 261 g/mol. The number of thioether (sulfide) groups is 1. The van der Waals surface area contributed by atoms with Gasteiger partial charge in [0.25, 0.3) is 0 Å². The summed E-state index contributed by atoms with van der Waals surface area (Å²) in [5.74, 6) is -0.231. The summed E-state index contributed by atoms with van der Waals surface area (Å²) >= 11 is 1.59. The molecule has 1 fully saturated rings. The molecule has 1 aliphatic heterocycles. The summed E-state index contributed by atoms with van der Waals surface area (Å²) in [6.45, 7) is 2.19. The van der Waals surface area contributed by atoms with Crippen molar-refractivity contribution in [2.24, 2.45) is 0 Å². The van der Waals surface area contributed by atoms with E-state index in [0.29, 0.717) is 13.0 Å². The zero-order valence-corrected chi connectivity index (χ0v) is 11.0. The molecule has 2 unspecified atom stereocenters. The maximum absolute atomic E-state index is 12.0. The molecule has 0 aliphatic carbocycles. The molecule has 0 aromatic heterocycles. The van der Waals surface area contributed by atoms with Crippen molar-refractivity contribution in [1.29, 1.82) is 0 Å². The van der Waals surface area contributed by atoms with Crippen LogP contribution in [0, 0.1) is 0 Å². The van der Waals surface area contributed by atoms with Gasteiger partial charge >= 0.3 is 5.97 Å². The van der Waals surface area contributed by atoms with Gasteiger partial charge in [-0.25, -0.2) is 4.79 Å². The first-order chi connectivity index (χ1) is 7.99. The Hall–Kier alpha value is -0.750. The molecule has 0 radical (unpaired) electrons. The Kier molecular flexibility index (Phi) is 5.27. The van der Waals surface area contributed by atoms with Gasteiger partial charge in [0.2, 0.25) is 5.91 Å². The Balaban J connectivity index is 2.54. The predicted molar refractivity (Wildman–Crippen MR) is 66.2 cm³/mol. The molecule has 0 spiro atoms. The van der Waals surface area contributed by atoms with Crippen molar-refractivity contribution in [2.45, 2.75) is 37.0 Å². The molecule has 98 valence electrons. The highest BCUT2D eigenvalue weighted by molar-refractivity contribution is 8.01. The lowest BCUT2D eigenvalue weighted by Gasteiger charge is -2.24. The van der Waals surface area contributed by atoms with E-state index in [2.05, 4.69) is 5.32 Å². The number of amides is 1. The molecule has 1 aliphatic rings. The summed E-state index contributed by atoms with van der Waals surface area (Å²) in [5.41, 5.74) is 0. The number of rotatable bonds is 6. The molecule has 1 heterocycles. The van der Waals surface area contributed by atoms with E-state index < -0.39 is 16.8 Å². The lowest BCUT2D eigenvalue weighted by atomic mass is 10.0. The Morgan fingerprint density at radius 3 is 2.76 bits per heavy atom. The Labute approximate surface area is 105 Å². The quantitative estimate of drug-likeness (QED) is 0.742. The topological polar surface area (TPSA) is 75.6 Å². The average molecular weight is 261 g/mol. The van der Waals surface area contributed by atoms with Gasteiger partial charge in [0, 0.05) is 20.1 Å². The minimum Gasteiger partial charge on any atom is -0.480 e. The maximum atomic E-state index is 12.0. The lowest BCUT2D eigenvalue weighted by Crippen LogP contribution is -2.49. The fraction of sp³-hybridized carbons (Fsp3) is 0.818. The van der Waals surface area contributed by atoms with Gasteiger partial charge in [-0.2, -0.15) is 0 Å². The first-order valence-corrected chi connectivity index (χ1v) is 6.65. The van der Waals surface area contributed by atoms with Crippen molar-refractivity contribution in [3.05, 3.63) is 0 Å². The fourth-order valence-electron chi connectivity index (χ4n) is 1.76. The van der Waals surface area contributed by atoms with Gasteiger partial charge in [-0.15, -0.1) is 11.8 Å². The summed E-state index contributed by atoms with van der Waals surface area (Å²) in [6, 6.07) is -0.861. The number of carboxylic acid groups (broad SMARTS) is 1. The van der Waals surface area contributed by atoms with Crippen LogP contribution in [0.25, 0.3) is 0 Å². The Morgan fingerprint density at radius 2 is 2.29 bits per heavy atom. The fourth-order valence-corrected chi connectivity index (χ4v) is 2.98. The van der Waals surface area contributed by atoms with E-state index in [1.54, 1.807) is 11.8 Å². The largest absolute Gasteiger partial charge is 0.480 e. The third-order valence-electron chi connectivity index (χ3n) is 2.91. The van der Waals surface area contributed by atoms with E-state index in [0.717, 1.165) is 18.6 Å². The molecular formula is C11H19NO4S. The molecule has 1 amide bonds. The first kappa shape index (κ1) is 14.3. The minimum atomic E-state index is -1.01. The van der Waals surface area contributed by atoms with Crippen LogP contribution >= 0.6 is 11.8 Å². The highest BCUT2D eigenvalue weighted by Gasteiger charge is 2.38. The van der Waals surface area contributed by atoms with Crippen LogP contribution in [-0.4, -0.2) is 47.2 Å². The molecule has 1 rings (SSSR count). The second-order valence-electron chi connectivity index (χ2n) is 4.33. The van der Waals surface area contributed by atoms with Crippen molar-refractivity contribution in [1.82, 2.24) is 5.32 Å². The zero-order chi connectivity index (χ0) is 12.9. The molecule has 0 aromatic carbocycles. The smallest absolute Gasteiger partial charge is 0.326 e. The molecule has 6 heteroatoms. The van der Waals surface area contributed by atoms with Crippen molar-refractivity contribution in [3.8, 4) is 0 Å². The summed E-state index contributed by atoms with van der Waals surface area (Å²) in [7, 11) is 1.51. The number of carbonyl (C=O) groups excluding carboxylic acids is 1. The SMILES string of the molecule is COCCC(NC(=O)C1(C)CCCS1)C(=O)O. The molecule has 1 saturated heterocycles. The van der Waals surface area contributed by atoms with Crippen molar-refractivity contribution < 1.29 is 19.4 Å². The standard InChI is InChI=1S/C11H19NO4S/c1-11(5-3-7-17-11)10(15)12-8(9(13)14)4-6-16-2/h8H,3-7H2,1-2H3,(H,12,15)(H,13,14). The van der Waals surface area contributed by atoms with Crippen LogP contribution < -0.4 is 5.32 Å². The average Bonchev–Trinajstić information content (AvgIpc) is 2.72. The van der Waals surface area contributed by atoms with Crippen LogP contribution in [0.2, 0.25) is 0 Å². The molecule has 2 atom stereocenters. The maximum Gasteiger partial charge on any atom is 0.326 e. The zero-order valence-electron chi connectivity index (χ0n) is 10.2. The summed E-state index contributed by atoms with van der Waals surface area (Å²) < 4.78 is 4.36. The normalized spacial score (nSPS) is 25.5. The van der Waals surface area contributed by atoms with Gasteiger partial charge < -0.3 is 15.2 Å². The number of hydrogen-bond donors (Lipinski definition) is 2. The third kappa shape index (κ3) is 3.89. The minimum absolute atomic E-state index is 0.177. The highest BCUT2D eigenvalue weighted by atomic mass is 32.2.